The molecule has 2 N–H and O–H groups in total. The summed E-state index contributed by atoms with van der Waals surface area (Å²) in [6.45, 7) is 3.59. The Bertz CT molecular complexity index is 68.3. The zero-order chi connectivity index (χ0) is 4.57. The average molecular weight is 83.1 g/mol. The Morgan fingerprint density at radius 2 is 2.33 bits per heavy atom. The molecule has 2 atom stereocenters. The third-order valence-corrected chi connectivity index (χ3v) is 1.19. The monoisotopic (exact) mass is 83.1 g/mol. The van der Waals surface area contributed by atoms with E-state index in [4.69, 9.17) is 5.73 Å². The molecule has 0 amide bonds. The zero-order valence-corrected chi connectivity index (χ0v) is 3.72. The first-order valence-electron chi connectivity index (χ1n) is 2.22. The van der Waals surface area contributed by atoms with Gasteiger partial charge in [-0.2, -0.15) is 0 Å². The second kappa shape index (κ2) is 1.09. The van der Waals surface area contributed by atoms with Crippen LogP contribution in [-0.2, 0) is 0 Å². The lowest BCUT2D eigenvalue weighted by Gasteiger charge is -1.73. The van der Waals surface area contributed by atoms with Crippen molar-refractivity contribution < 1.29 is 0 Å². The minimum absolute atomic E-state index is 0.447. The number of hydrogen-bond acceptors (Lipinski definition) is 1. The van der Waals surface area contributed by atoms with E-state index < -0.39 is 0 Å². The van der Waals surface area contributed by atoms with Gasteiger partial charge in [0, 0.05) is 6.04 Å². The van der Waals surface area contributed by atoms with Crippen LogP contribution in [0.2, 0.25) is 0 Å². The second-order valence-electron chi connectivity index (χ2n) is 1.80. The van der Waals surface area contributed by atoms with Crippen LogP contribution in [0, 0.1) is 5.92 Å². The summed E-state index contributed by atoms with van der Waals surface area (Å²) in [7, 11) is 0. The van der Waals surface area contributed by atoms with Crippen LogP contribution in [0.1, 0.15) is 6.42 Å². The van der Waals surface area contributed by atoms with Crippen LogP contribution in [0.5, 0.6) is 0 Å². The maximum absolute atomic E-state index is 5.41. The van der Waals surface area contributed by atoms with E-state index in [1.165, 1.54) is 0 Å². The van der Waals surface area contributed by atoms with Crippen molar-refractivity contribution in [3.8, 4) is 0 Å². The maximum atomic E-state index is 5.41. The van der Waals surface area contributed by atoms with Gasteiger partial charge < -0.3 is 5.73 Å². The highest BCUT2D eigenvalue weighted by molar-refractivity contribution is 5.00. The molecule has 0 saturated heterocycles. The van der Waals surface area contributed by atoms with Gasteiger partial charge in [-0.3, -0.25) is 0 Å². The van der Waals surface area contributed by atoms with Gasteiger partial charge in [-0.15, -0.1) is 6.58 Å². The molecular weight excluding hydrogens is 74.1 g/mol. The molecule has 1 rings (SSSR count). The fourth-order valence-electron chi connectivity index (χ4n) is 0.507. The lowest BCUT2D eigenvalue weighted by Crippen LogP contribution is -1.99. The Kier molecular flexibility index (Phi) is 0.701. The summed E-state index contributed by atoms with van der Waals surface area (Å²) >= 11 is 0. The van der Waals surface area contributed by atoms with Gasteiger partial charge in [0.05, 0.1) is 0 Å². The predicted octanol–water partition coefficient (Wildman–Crippen LogP) is 0.520. The molecule has 0 heterocycles. The molecule has 34 valence electrons. The van der Waals surface area contributed by atoms with E-state index in [2.05, 4.69) is 6.58 Å². The van der Waals surface area contributed by atoms with Crippen LogP contribution in [-0.4, -0.2) is 6.04 Å². The fourth-order valence-corrected chi connectivity index (χ4v) is 0.507. The molecule has 0 aromatic heterocycles. The highest BCUT2D eigenvalue weighted by Gasteiger charge is 2.29. The van der Waals surface area contributed by atoms with E-state index in [1.807, 2.05) is 6.08 Å². The molecule has 0 unspecified atom stereocenters. The molecule has 1 fully saturated rings. The van der Waals surface area contributed by atoms with Gasteiger partial charge in [0.25, 0.3) is 0 Å². The predicted molar refractivity (Wildman–Crippen MR) is 26.3 cm³/mol. The van der Waals surface area contributed by atoms with E-state index >= 15 is 0 Å². The minimum Gasteiger partial charge on any atom is -0.327 e. The van der Waals surface area contributed by atoms with Crippen LogP contribution in [0.25, 0.3) is 0 Å². The van der Waals surface area contributed by atoms with Crippen LogP contribution in [0.4, 0.5) is 0 Å². The Balaban J connectivity index is 2.25. The van der Waals surface area contributed by atoms with E-state index in [0.29, 0.717) is 12.0 Å². The molecular formula is C5H9N. The van der Waals surface area contributed by atoms with Crippen LogP contribution < -0.4 is 5.73 Å². The molecule has 6 heavy (non-hydrogen) atoms. The van der Waals surface area contributed by atoms with Gasteiger partial charge in [0.1, 0.15) is 0 Å². The van der Waals surface area contributed by atoms with Crippen molar-refractivity contribution >= 4 is 0 Å². The standard InChI is InChI=1S/C5H9N/c1-2-4-3-5(4)6/h2,4-5H,1,3,6H2/t4-,5+/m0/s1. The van der Waals surface area contributed by atoms with E-state index in [9.17, 15) is 0 Å². The average Bonchev–Trinajstić information content (AvgIpc) is 2.19. The first-order valence-corrected chi connectivity index (χ1v) is 2.22. The highest BCUT2D eigenvalue weighted by atomic mass is 14.7. The lowest BCUT2D eigenvalue weighted by atomic mass is 10.4. The molecule has 1 heteroatoms. The summed E-state index contributed by atoms with van der Waals surface area (Å²) in [5, 5.41) is 0. The molecule has 1 aliphatic carbocycles. The largest absolute Gasteiger partial charge is 0.327 e. The van der Waals surface area contributed by atoms with Crippen molar-refractivity contribution in [2.24, 2.45) is 11.7 Å². The summed E-state index contributed by atoms with van der Waals surface area (Å²) in [5.41, 5.74) is 5.41. The van der Waals surface area contributed by atoms with E-state index in [1.54, 1.807) is 0 Å². The Labute approximate surface area is 37.8 Å². The first-order chi connectivity index (χ1) is 2.84. The van der Waals surface area contributed by atoms with Crippen LogP contribution in [0.3, 0.4) is 0 Å². The summed E-state index contributed by atoms with van der Waals surface area (Å²) in [5.74, 6) is 0.644. The molecule has 0 radical (unpaired) electrons. The van der Waals surface area contributed by atoms with Gasteiger partial charge in [-0.05, 0) is 12.3 Å². The maximum Gasteiger partial charge on any atom is 0.0109 e. The van der Waals surface area contributed by atoms with Crippen molar-refractivity contribution in [2.75, 3.05) is 0 Å². The Hall–Kier alpha value is -0.300. The lowest BCUT2D eigenvalue weighted by molar-refractivity contribution is 0.978. The summed E-state index contributed by atoms with van der Waals surface area (Å²) < 4.78 is 0. The summed E-state index contributed by atoms with van der Waals surface area (Å²) in [6, 6.07) is 0.447. The van der Waals surface area contributed by atoms with Gasteiger partial charge in [-0.25, -0.2) is 0 Å². The van der Waals surface area contributed by atoms with Gasteiger partial charge in [-0.1, -0.05) is 6.08 Å². The third-order valence-electron chi connectivity index (χ3n) is 1.19. The molecule has 0 aliphatic heterocycles. The van der Waals surface area contributed by atoms with Crippen molar-refractivity contribution in [1.82, 2.24) is 0 Å². The van der Waals surface area contributed by atoms with Crippen molar-refractivity contribution in [3.63, 3.8) is 0 Å². The first kappa shape index (κ1) is 3.88. The minimum atomic E-state index is 0.447. The molecule has 1 nitrogen and oxygen atoms in total. The fraction of sp³-hybridized carbons (Fsp3) is 0.600. The number of rotatable bonds is 1. The molecule has 0 aromatic carbocycles. The molecule has 1 aliphatic rings. The van der Waals surface area contributed by atoms with Gasteiger partial charge in [0.2, 0.25) is 0 Å². The second-order valence-corrected chi connectivity index (χ2v) is 1.80. The van der Waals surface area contributed by atoms with Crippen molar-refractivity contribution in [1.29, 1.82) is 0 Å². The van der Waals surface area contributed by atoms with Crippen LogP contribution >= 0.6 is 0 Å². The molecule has 1 saturated carbocycles. The normalized spacial score (nSPS) is 42.2. The quantitative estimate of drug-likeness (QED) is 0.459. The zero-order valence-electron chi connectivity index (χ0n) is 3.72. The number of hydrogen-bond donors (Lipinski definition) is 1. The Morgan fingerprint density at radius 1 is 1.83 bits per heavy atom. The van der Waals surface area contributed by atoms with Crippen molar-refractivity contribution in [3.05, 3.63) is 12.7 Å². The summed E-state index contributed by atoms with van der Waals surface area (Å²) in [4.78, 5) is 0. The summed E-state index contributed by atoms with van der Waals surface area (Å²) in [6.07, 6.45) is 3.08. The smallest absolute Gasteiger partial charge is 0.0109 e. The van der Waals surface area contributed by atoms with Crippen LogP contribution in [0.15, 0.2) is 12.7 Å². The highest BCUT2D eigenvalue weighted by Crippen LogP contribution is 2.27. The molecule has 0 aromatic rings. The van der Waals surface area contributed by atoms with Crippen molar-refractivity contribution in [2.45, 2.75) is 12.5 Å². The topological polar surface area (TPSA) is 26.0 Å². The van der Waals surface area contributed by atoms with Gasteiger partial charge in [0.15, 0.2) is 0 Å². The van der Waals surface area contributed by atoms with E-state index in [-0.39, 0.29) is 0 Å². The van der Waals surface area contributed by atoms with Gasteiger partial charge >= 0.3 is 0 Å². The van der Waals surface area contributed by atoms with E-state index in [0.717, 1.165) is 6.42 Å². The molecule has 0 spiro atoms. The Morgan fingerprint density at radius 3 is 2.33 bits per heavy atom. The third kappa shape index (κ3) is 0.455. The SMILES string of the molecule is C=C[C@H]1C[C@H]1N. The molecule has 0 bridgehead atoms. The number of nitrogens with two attached hydrogens (primary N) is 1.